The molecule has 0 aliphatic rings. The quantitative estimate of drug-likeness (QED) is 0.210. The third kappa shape index (κ3) is 6.22. The van der Waals surface area contributed by atoms with Gasteiger partial charge in [-0.2, -0.15) is 5.26 Å². The fourth-order valence-corrected chi connectivity index (χ4v) is 3.05. The highest BCUT2D eigenvalue weighted by atomic mass is 127. The molecule has 0 radical (unpaired) electrons. The molecule has 0 bridgehead atoms. The first-order valence-electron chi connectivity index (χ1n) is 9.47. The molecule has 0 spiro atoms. The molecule has 0 amide bonds. The number of halogens is 1. The van der Waals surface area contributed by atoms with Crippen molar-refractivity contribution < 1.29 is 14.3 Å². The molecule has 6 heteroatoms. The number of benzene rings is 3. The summed E-state index contributed by atoms with van der Waals surface area (Å²) >= 11 is 2.28. The maximum Gasteiger partial charge on any atom is 0.161 e. The second kappa shape index (κ2) is 11.2. The van der Waals surface area contributed by atoms with E-state index in [1.54, 1.807) is 12.3 Å². The summed E-state index contributed by atoms with van der Waals surface area (Å²) in [7, 11) is 0. The van der Waals surface area contributed by atoms with E-state index in [1.807, 2.05) is 55.5 Å². The average molecular weight is 512 g/mol. The minimum Gasteiger partial charge on any atom is -0.490 e. The van der Waals surface area contributed by atoms with Crippen LogP contribution in [0, 0.1) is 14.9 Å². The van der Waals surface area contributed by atoms with Crippen molar-refractivity contribution in [2.75, 3.05) is 6.61 Å². The minimum absolute atomic E-state index is 0.232. The van der Waals surface area contributed by atoms with Crippen LogP contribution in [-0.2, 0) is 18.1 Å². The van der Waals surface area contributed by atoms with Gasteiger partial charge in [0.1, 0.15) is 13.2 Å². The lowest BCUT2D eigenvalue weighted by atomic mass is 10.1. The van der Waals surface area contributed by atoms with Crippen LogP contribution < -0.4 is 9.47 Å². The van der Waals surface area contributed by atoms with E-state index in [2.05, 4.69) is 45.9 Å². The molecule has 0 aliphatic heterocycles. The molecule has 0 fully saturated rings. The van der Waals surface area contributed by atoms with Gasteiger partial charge in [-0.25, -0.2) is 0 Å². The van der Waals surface area contributed by atoms with Crippen molar-refractivity contribution in [1.82, 2.24) is 0 Å². The van der Waals surface area contributed by atoms with Crippen LogP contribution in [0.25, 0.3) is 0 Å². The number of rotatable bonds is 9. The summed E-state index contributed by atoms with van der Waals surface area (Å²) in [5.41, 5.74) is 3.30. The Hall–Kier alpha value is -3.05. The Morgan fingerprint density at radius 2 is 1.77 bits per heavy atom. The summed E-state index contributed by atoms with van der Waals surface area (Å²) in [5.74, 6) is 1.33. The largest absolute Gasteiger partial charge is 0.490 e. The molecule has 0 unspecified atom stereocenters. The predicted octanol–water partition coefficient (Wildman–Crippen LogP) is 5.69. The third-order valence-electron chi connectivity index (χ3n) is 4.21. The van der Waals surface area contributed by atoms with E-state index in [1.165, 1.54) is 3.57 Å². The number of oxime groups is 1. The highest BCUT2D eigenvalue weighted by Crippen LogP contribution is 2.29. The molecule has 3 aromatic carbocycles. The molecule has 3 rings (SSSR count). The van der Waals surface area contributed by atoms with Gasteiger partial charge >= 0.3 is 0 Å². The van der Waals surface area contributed by atoms with Gasteiger partial charge in [0.15, 0.2) is 11.5 Å². The first-order chi connectivity index (χ1) is 14.7. The lowest BCUT2D eigenvalue weighted by molar-refractivity contribution is 0.132. The molecule has 0 aliphatic carbocycles. The van der Waals surface area contributed by atoms with Gasteiger partial charge in [-0.05, 0) is 71.5 Å². The van der Waals surface area contributed by atoms with Crippen molar-refractivity contribution in [1.29, 1.82) is 5.26 Å². The number of hydrogen-bond donors (Lipinski definition) is 0. The SMILES string of the molecule is CCOc1cc(/C=N\OCc2ccccc2C#N)ccc1OCc1ccc(I)cc1. The number of ether oxygens (including phenoxy) is 2. The van der Waals surface area contributed by atoms with Crippen LogP contribution in [0.15, 0.2) is 71.9 Å². The highest BCUT2D eigenvalue weighted by molar-refractivity contribution is 14.1. The number of hydrogen-bond acceptors (Lipinski definition) is 5. The first-order valence-corrected chi connectivity index (χ1v) is 10.5. The topological polar surface area (TPSA) is 63.8 Å². The summed E-state index contributed by atoms with van der Waals surface area (Å²) in [6.45, 7) is 3.16. The van der Waals surface area contributed by atoms with E-state index < -0.39 is 0 Å². The Kier molecular flexibility index (Phi) is 8.10. The van der Waals surface area contributed by atoms with Gasteiger partial charge in [0, 0.05) is 14.7 Å². The van der Waals surface area contributed by atoms with Gasteiger partial charge in [0.2, 0.25) is 0 Å². The maximum absolute atomic E-state index is 9.12. The van der Waals surface area contributed by atoms with Gasteiger partial charge in [0.25, 0.3) is 0 Å². The molecule has 0 N–H and O–H groups in total. The number of nitrogens with zero attached hydrogens (tertiary/aromatic N) is 2. The molecule has 5 nitrogen and oxygen atoms in total. The third-order valence-corrected chi connectivity index (χ3v) is 4.93. The molecule has 152 valence electrons. The molecule has 30 heavy (non-hydrogen) atoms. The van der Waals surface area contributed by atoms with Crippen LogP contribution in [0.5, 0.6) is 11.5 Å². The average Bonchev–Trinajstić information content (AvgIpc) is 2.77. The summed E-state index contributed by atoms with van der Waals surface area (Å²) in [4.78, 5) is 5.36. The summed E-state index contributed by atoms with van der Waals surface area (Å²) in [6, 6.07) is 23.3. The van der Waals surface area contributed by atoms with Crippen LogP contribution in [-0.4, -0.2) is 12.8 Å². The van der Waals surface area contributed by atoms with Gasteiger partial charge in [-0.1, -0.05) is 35.5 Å². The van der Waals surface area contributed by atoms with Crippen LogP contribution in [0.3, 0.4) is 0 Å². The van der Waals surface area contributed by atoms with Crippen molar-refractivity contribution in [3.63, 3.8) is 0 Å². The summed E-state index contributed by atoms with van der Waals surface area (Å²) < 4.78 is 12.9. The van der Waals surface area contributed by atoms with Crippen molar-refractivity contribution in [2.24, 2.45) is 5.16 Å². The summed E-state index contributed by atoms with van der Waals surface area (Å²) in [5, 5.41) is 13.1. The predicted molar refractivity (Wildman–Crippen MR) is 125 cm³/mol. The molecule has 0 atom stereocenters. The van der Waals surface area contributed by atoms with Crippen molar-refractivity contribution in [2.45, 2.75) is 20.1 Å². The Labute approximate surface area is 190 Å². The zero-order valence-electron chi connectivity index (χ0n) is 16.5. The van der Waals surface area contributed by atoms with Gasteiger partial charge in [-0.3, -0.25) is 0 Å². The fraction of sp³-hybridized carbons (Fsp3) is 0.167. The molecule has 0 heterocycles. The van der Waals surface area contributed by atoms with Crippen LogP contribution >= 0.6 is 22.6 Å². The second-order valence-electron chi connectivity index (χ2n) is 6.33. The maximum atomic E-state index is 9.12. The van der Waals surface area contributed by atoms with Gasteiger partial charge < -0.3 is 14.3 Å². The summed E-state index contributed by atoms with van der Waals surface area (Å²) in [6.07, 6.45) is 1.61. The van der Waals surface area contributed by atoms with E-state index in [9.17, 15) is 0 Å². The normalized spacial score (nSPS) is 10.6. The van der Waals surface area contributed by atoms with Gasteiger partial charge in [0.05, 0.1) is 24.5 Å². The van der Waals surface area contributed by atoms with E-state index in [0.29, 0.717) is 30.3 Å². The molecular formula is C24H21IN2O3. The van der Waals surface area contributed by atoms with E-state index in [0.717, 1.165) is 16.7 Å². The molecule has 3 aromatic rings. The van der Waals surface area contributed by atoms with Crippen LogP contribution in [0.1, 0.15) is 29.2 Å². The molecule has 0 saturated heterocycles. The fourth-order valence-electron chi connectivity index (χ4n) is 2.69. The Morgan fingerprint density at radius 3 is 2.53 bits per heavy atom. The lowest BCUT2D eigenvalue weighted by Gasteiger charge is -2.12. The zero-order valence-corrected chi connectivity index (χ0v) is 18.7. The standard InChI is InChI=1S/C24H21IN2O3/c1-2-28-24-13-19(15-27-30-17-21-6-4-3-5-20(21)14-26)9-12-23(24)29-16-18-7-10-22(25)11-8-18/h3-13,15H,2,16-17H2,1H3/b27-15-. The molecule has 0 aromatic heterocycles. The number of nitriles is 1. The second-order valence-corrected chi connectivity index (χ2v) is 7.58. The lowest BCUT2D eigenvalue weighted by Crippen LogP contribution is -2.00. The first kappa shape index (κ1) is 21.7. The van der Waals surface area contributed by atoms with Gasteiger partial charge in [-0.15, -0.1) is 0 Å². The van der Waals surface area contributed by atoms with E-state index >= 15 is 0 Å². The smallest absolute Gasteiger partial charge is 0.161 e. The Balaban J connectivity index is 1.62. The minimum atomic E-state index is 0.232. The van der Waals surface area contributed by atoms with E-state index in [-0.39, 0.29) is 6.61 Å². The van der Waals surface area contributed by atoms with Crippen LogP contribution in [0.2, 0.25) is 0 Å². The van der Waals surface area contributed by atoms with E-state index in [4.69, 9.17) is 19.6 Å². The monoisotopic (exact) mass is 512 g/mol. The Morgan fingerprint density at radius 1 is 0.967 bits per heavy atom. The van der Waals surface area contributed by atoms with Crippen molar-refractivity contribution in [3.05, 3.63) is 92.6 Å². The highest BCUT2D eigenvalue weighted by Gasteiger charge is 2.07. The molecule has 0 saturated carbocycles. The zero-order chi connectivity index (χ0) is 21.2. The van der Waals surface area contributed by atoms with Crippen molar-refractivity contribution in [3.8, 4) is 17.6 Å². The Bertz CT molecular complexity index is 1040. The molecular weight excluding hydrogens is 491 g/mol. The van der Waals surface area contributed by atoms with Crippen molar-refractivity contribution >= 4 is 28.8 Å². The van der Waals surface area contributed by atoms with Crippen LogP contribution in [0.4, 0.5) is 0 Å².